The lowest BCUT2D eigenvalue weighted by molar-refractivity contribution is -0.119. The molecule has 1 aromatic carbocycles. The number of hydrogen-bond acceptors (Lipinski definition) is 2. The zero-order valence-corrected chi connectivity index (χ0v) is 8.23. The maximum atomic E-state index is 11.2. The molecule has 0 fully saturated rings. The van der Waals surface area contributed by atoms with Crippen LogP contribution in [0, 0.1) is 0 Å². The average Bonchev–Trinajstić information content (AvgIpc) is 2.18. The van der Waals surface area contributed by atoms with Gasteiger partial charge in [-0.1, -0.05) is 18.2 Å². The minimum Gasteiger partial charge on any atom is -0.368 e. The topological polar surface area (TPSA) is 46.3 Å². The first-order chi connectivity index (χ1) is 6.70. The van der Waals surface area contributed by atoms with E-state index in [1.54, 1.807) is 0 Å². The molecule has 1 aliphatic rings. The summed E-state index contributed by atoms with van der Waals surface area (Å²) in [6.07, 6.45) is 1.76. The van der Waals surface area contributed by atoms with Gasteiger partial charge in [-0.15, -0.1) is 0 Å². The molecule has 0 aliphatic carbocycles. The van der Waals surface area contributed by atoms with Crippen molar-refractivity contribution < 1.29 is 4.79 Å². The van der Waals surface area contributed by atoms with Gasteiger partial charge in [0.2, 0.25) is 5.91 Å². The van der Waals surface area contributed by atoms with Crippen molar-refractivity contribution in [2.45, 2.75) is 18.9 Å². The number of carbonyl (C=O) groups excluding carboxylic acids is 1. The quantitative estimate of drug-likeness (QED) is 0.716. The Morgan fingerprint density at radius 3 is 2.93 bits per heavy atom. The zero-order chi connectivity index (χ0) is 10.1. The van der Waals surface area contributed by atoms with Gasteiger partial charge in [-0.3, -0.25) is 4.79 Å². The van der Waals surface area contributed by atoms with Gasteiger partial charge in [-0.25, -0.2) is 0 Å². The molecule has 74 valence electrons. The summed E-state index contributed by atoms with van der Waals surface area (Å²) in [6, 6.07) is 7.99. The second-order valence-electron chi connectivity index (χ2n) is 3.70. The van der Waals surface area contributed by atoms with Crippen LogP contribution in [0.15, 0.2) is 24.3 Å². The molecular weight excluding hydrogens is 176 g/mol. The van der Waals surface area contributed by atoms with Crippen molar-refractivity contribution in [3.8, 4) is 0 Å². The van der Waals surface area contributed by atoms with E-state index in [1.165, 1.54) is 5.56 Å². The van der Waals surface area contributed by atoms with Crippen molar-refractivity contribution in [1.82, 2.24) is 0 Å². The summed E-state index contributed by atoms with van der Waals surface area (Å²) in [6.45, 7) is 0. The molecule has 2 rings (SSSR count). The van der Waals surface area contributed by atoms with Crippen LogP contribution in [-0.4, -0.2) is 19.0 Å². The molecule has 14 heavy (non-hydrogen) atoms. The van der Waals surface area contributed by atoms with E-state index in [4.69, 9.17) is 5.73 Å². The second-order valence-corrected chi connectivity index (χ2v) is 3.70. The van der Waals surface area contributed by atoms with Crippen LogP contribution in [0.5, 0.6) is 0 Å². The maximum Gasteiger partial charge on any atom is 0.240 e. The maximum absolute atomic E-state index is 11.2. The third-order valence-corrected chi connectivity index (χ3v) is 2.85. The van der Waals surface area contributed by atoms with Gasteiger partial charge in [0.25, 0.3) is 0 Å². The number of likely N-dealkylation sites (N-methyl/N-ethyl adjacent to an activating group) is 1. The van der Waals surface area contributed by atoms with Crippen molar-refractivity contribution in [1.29, 1.82) is 0 Å². The third kappa shape index (κ3) is 1.35. The summed E-state index contributed by atoms with van der Waals surface area (Å²) < 4.78 is 0. The Kier molecular flexibility index (Phi) is 2.15. The predicted molar refractivity (Wildman–Crippen MR) is 56.1 cm³/mol. The number of nitrogens with two attached hydrogens (primary N) is 1. The van der Waals surface area contributed by atoms with E-state index in [0.29, 0.717) is 0 Å². The van der Waals surface area contributed by atoms with Crippen LogP contribution in [0.3, 0.4) is 0 Å². The molecule has 2 N–H and O–H groups in total. The molecule has 3 nitrogen and oxygen atoms in total. The molecule has 1 amide bonds. The Morgan fingerprint density at radius 1 is 1.50 bits per heavy atom. The molecule has 1 atom stereocenters. The van der Waals surface area contributed by atoms with Crippen LogP contribution in [0.2, 0.25) is 0 Å². The first-order valence-corrected chi connectivity index (χ1v) is 4.80. The zero-order valence-electron chi connectivity index (χ0n) is 8.23. The van der Waals surface area contributed by atoms with Crippen LogP contribution < -0.4 is 10.6 Å². The average molecular weight is 190 g/mol. The minimum atomic E-state index is -0.234. The molecule has 0 spiro atoms. The van der Waals surface area contributed by atoms with Gasteiger partial charge in [-0.05, 0) is 24.5 Å². The number of primary amides is 1. The Morgan fingerprint density at radius 2 is 2.21 bits per heavy atom. The first-order valence-electron chi connectivity index (χ1n) is 4.80. The number of nitrogens with zero attached hydrogens (tertiary/aromatic N) is 1. The molecule has 1 aromatic rings. The van der Waals surface area contributed by atoms with Crippen molar-refractivity contribution >= 4 is 11.6 Å². The molecular formula is C11H14N2O. The summed E-state index contributed by atoms with van der Waals surface area (Å²) in [5.41, 5.74) is 7.76. The summed E-state index contributed by atoms with van der Waals surface area (Å²) in [5.74, 6) is -0.234. The Bertz CT molecular complexity index is 362. The smallest absolute Gasteiger partial charge is 0.240 e. The summed E-state index contributed by atoms with van der Waals surface area (Å²) in [7, 11) is 1.92. The summed E-state index contributed by atoms with van der Waals surface area (Å²) >= 11 is 0. The highest BCUT2D eigenvalue weighted by atomic mass is 16.1. The van der Waals surface area contributed by atoms with E-state index < -0.39 is 0 Å². The van der Waals surface area contributed by atoms with Crippen molar-refractivity contribution in [2.75, 3.05) is 11.9 Å². The van der Waals surface area contributed by atoms with Crippen LogP contribution >= 0.6 is 0 Å². The van der Waals surface area contributed by atoms with E-state index in [-0.39, 0.29) is 11.9 Å². The summed E-state index contributed by atoms with van der Waals surface area (Å²) in [4.78, 5) is 13.1. The number of para-hydroxylation sites is 1. The lowest BCUT2D eigenvalue weighted by atomic mass is 9.96. The van der Waals surface area contributed by atoms with Crippen LogP contribution in [0.25, 0.3) is 0 Å². The number of amides is 1. The Hall–Kier alpha value is -1.51. The number of aryl methyl sites for hydroxylation is 1. The standard InChI is InChI=1S/C11H14N2O/c1-13-9-5-3-2-4-8(9)6-7-10(13)11(12)14/h2-5,10H,6-7H2,1H3,(H2,12,14)/t10-/m1/s1. The monoisotopic (exact) mass is 190 g/mol. The number of hydrogen-bond donors (Lipinski definition) is 1. The van der Waals surface area contributed by atoms with Crippen LogP contribution in [-0.2, 0) is 11.2 Å². The van der Waals surface area contributed by atoms with E-state index in [1.807, 2.05) is 30.1 Å². The van der Waals surface area contributed by atoms with Crippen molar-refractivity contribution in [3.05, 3.63) is 29.8 Å². The Labute approximate surface area is 83.5 Å². The van der Waals surface area contributed by atoms with Gasteiger partial charge in [-0.2, -0.15) is 0 Å². The lowest BCUT2D eigenvalue weighted by Crippen LogP contribution is -2.45. The molecule has 3 heteroatoms. The van der Waals surface area contributed by atoms with E-state index >= 15 is 0 Å². The fourth-order valence-corrected chi connectivity index (χ4v) is 2.05. The van der Waals surface area contributed by atoms with Gasteiger partial charge in [0, 0.05) is 12.7 Å². The van der Waals surface area contributed by atoms with Gasteiger partial charge in [0.05, 0.1) is 0 Å². The molecule has 0 radical (unpaired) electrons. The van der Waals surface area contributed by atoms with E-state index in [0.717, 1.165) is 18.5 Å². The first kappa shape index (κ1) is 9.06. The number of carbonyl (C=O) groups is 1. The number of rotatable bonds is 1. The van der Waals surface area contributed by atoms with Gasteiger partial charge >= 0.3 is 0 Å². The molecule has 0 saturated heterocycles. The van der Waals surface area contributed by atoms with Gasteiger partial charge in [0.1, 0.15) is 6.04 Å². The predicted octanol–water partition coefficient (Wildman–Crippen LogP) is 0.923. The summed E-state index contributed by atoms with van der Waals surface area (Å²) in [5, 5.41) is 0. The normalized spacial score (nSPS) is 20.4. The molecule has 0 saturated carbocycles. The fourth-order valence-electron chi connectivity index (χ4n) is 2.05. The third-order valence-electron chi connectivity index (χ3n) is 2.85. The SMILES string of the molecule is CN1c2ccccc2CC[C@@H]1C(N)=O. The number of benzene rings is 1. The molecule has 0 aromatic heterocycles. The number of fused-ring (bicyclic) bond motifs is 1. The largest absolute Gasteiger partial charge is 0.368 e. The molecule has 0 unspecified atom stereocenters. The lowest BCUT2D eigenvalue weighted by Gasteiger charge is -2.33. The van der Waals surface area contributed by atoms with Crippen LogP contribution in [0.4, 0.5) is 5.69 Å². The van der Waals surface area contributed by atoms with E-state index in [2.05, 4.69) is 6.07 Å². The fraction of sp³-hybridized carbons (Fsp3) is 0.364. The van der Waals surface area contributed by atoms with Gasteiger partial charge in [0.15, 0.2) is 0 Å². The van der Waals surface area contributed by atoms with Crippen molar-refractivity contribution in [2.24, 2.45) is 5.73 Å². The highest BCUT2D eigenvalue weighted by Crippen LogP contribution is 2.28. The highest BCUT2D eigenvalue weighted by Gasteiger charge is 2.26. The molecule has 1 aliphatic heterocycles. The van der Waals surface area contributed by atoms with E-state index in [9.17, 15) is 4.79 Å². The highest BCUT2D eigenvalue weighted by molar-refractivity contribution is 5.84. The molecule has 1 heterocycles. The van der Waals surface area contributed by atoms with Crippen LogP contribution in [0.1, 0.15) is 12.0 Å². The van der Waals surface area contributed by atoms with Crippen molar-refractivity contribution in [3.63, 3.8) is 0 Å². The Balaban J connectivity index is 2.36. The number of anilines is 1. The van der Waals surface area contributed by atoms with Gasteiger partial charge < -0.3 is 10.6 Å². The molecule has 0 bridgehead atoms. The minimum absolute atomic E-state index is 0.148. The second kappa shape index (κ2) is 3.33.